The third-order valence-corrected chi connectivity index (χ3v) is 6.06. The molecule has 0 bridgehead atoms. The maximum atomic E-state index is 12.5. The van der Waals surface area contributed by atoms with Crippen LogP contribution >= 0.6 is 0 Å². The molecule has 1 aliphatic heterocycles. The Morgan fingerprint density at radius 1 is 1.17 bits per heavy atom. The minimum absolute atomic E-state index is 0.0428. The van der Waals surface area contributed by atoms with Gasteiger partial charge in [0.2, 0.25) is 0 Å². The van der Waals surface area contributed by atoms with Crippen LogP contribution in [0.25, 0.3) is 0 Å². The van der Waals surface area contributed by atoms with Gasteiger partial charge in [-0.3, -0.25) is 9.59 Å². The lowest BCUT2D eigenvalue weighted by Gasteiger charge is -2.14. The van der Waals surface area contributed by atoms with E-state index in [4.69, 9.17) is 0 Å². The monoisotopic (exact) mass is 332 g/mol. The molecule has 1 amide bonds. The number of rotatable bonds is 3. The Morgan fingerprint density at radius 2 is 1.83 bits per heavy atom. The summed E-state index contributed by atoms with van der Waals surface area (Å²) >= 11 is 0. The van der Waals surface area contributed by atoms with Crippen LogP contribution in [0.3, 0.4) is 0 Å². The van der Waals surface area contributed by atoms with Gasteiger partial charge in [0.1, 0.15) is 11.4 Å². The molecule has 0 saturated carbocycles. The summed E-state index contributed by atoms with van der Waals surface area (Å²) in [6.07, 6.45) is 0. The maximum absolute atomic E-state index is 12.5. The summed E-state index contributed by atoms with van der Waals surface area (Å²) < 4.78 is 27.4. The molecule has 0 atom stereocenters. The normalized spacial score (nSPS) is 15.8. The van der Waals surface area contributed by atoms with Crippen molar-refractivity contribution in [1.82, 2.24) is 8.87 Å². The van der Waals surface area contributed by atoms with E-state index in [9.17, 15) is 18.0 Å². The predicted octanol–water partition coefficient (Wildman–Crippen LogP) is 1.67. The average Bonchev–Trinajstić information content (AvgIpc) is 2.88. The third-order valence-electron chi connectivity index (χ3n) is 4.27. The van der Waals surface area contributed by atoms with Gasteiger partial charge in [-0.05, 0) is 32.0 Å². The molecule has 6 nitrogen and oxygen atoms in total. The fourth-order valence-electron chi connectivity index (χ4n) is 2.74. The number of amides is 1. The van der Waals surface area contributed by atoms with Gasteiger partial charge in [-0.1, -0.05) is 12.1 Å². The Kier molecular flexibility index (Phi) is 3.40. The number of benzene rings is 1. The number of hydrogen-bond acceptors (Lipinski definition) is 4. The molecule has 0 spiro atoms. The molecule has 0 unspecified atom stereocenters. The Hall–Kier alpha value is -2.41. The highest BCUT2D eigenvalue weighted by Gasteiger charge is 2.42. The summed E-state index contributed by atoms with van der Waals surface area (Å²) in [5.41, 5.74) is 2.18. The summed E-state index contributed by atoms with van der Waals surface area (Å²) in [7, 11) is -2.13. The average molecular weight is 332 g/mol. The number of carbonyl (C=O) groups excluding carboxylic acids is 2. The number of aromatic nitrogens is 1. The van der Waals surface area contributed by atoms with Crippen LogP contribution in [0.1, 0.15) is 32.1 Å². The largest absolute Gasteiger partial charge is 0.351 e. The predicted molar refractivity (Wildman–Crippen MR) is 83.9 cm³/mol. The van der Waals surface area contributed by atoms with Crippen molar-refractivity contribution < 1.29 is 18.0 Å². The zero-order valence-corrected chi connectivity index (χ0v) is 13.8. The van der Waals surface area contributed by atoms with E-state index in [1.54, 1.807) is 25.1 Å². The van der Waals surface area contributed by atoms with E-state index in [-0.39, 0.29) is 10.5 Å². The number of Topliss-reactive ketones (excluding diaryl/α,β-unsaturated/α-hetero) is 1. The first-order valence-electron chi connectivity index (χ1n) is 7.07. The molecule has 0 aliphatic carbocycles. The first kappa shape index (κ1) is 15.5. The number of hydrogen-bond donors (Lipinski definition) is 0. The molecule has 0 fully saturated rings. The van der Waals surface area contributed by atoms with Crippen LogP contribution in [0.15, 0.2) is 35.2 Å². The Bertz CT molecular complexity index is 941. The van der Waals surface area contributed by atoms with Gasteiger partial charge in [0.15, 0.2) is 5.78 Å². The van der Waals surface area contributed by atoms with Crippen LogP contribution in [0, 0.1) is 13.8 Å². The minimum atomic E-state index is -3.96. The Morgan fingerprint density at radius 3 is 2.39 bits per heavy atom. The number of aryl methyl sites for hydroxylation is 1. The van der Waals surface area contributed by atoms with E-state index in [0.717, 1.165) is 11.4 Å². The van der Waals surface area contributed by atoms with Gasteiger partial charge < -0.3 is 4.57 Å². The second-order valence-corrected chi connectivity index (χ2v) is 7.41. The molecule has 0 saturated heterocycles. The van der Waals surface area contributed by atoms with Crippen LogP contribution in [-0.2, 0) is 17.1 Å². The summed E-state index contributed by atoms with van der Waals surface area (Å²) in [6, 6.07) is 7.70. The van der Waals surface area contributed by atoms with Gasteiger partial charge in [0.25, 0.3) is 15.9 Å². The van der Waals surface area contributed by atoms with E-state index in [1.807, 2.05) is 18.5 Å². The topological polar surface area (TPSA) is 76.5 Å². The van der Waals surface area contributed by atoms with Crippen LogP contribution in [-0.4, -0.2) is 35.5 Å². The van der Waals surface area contributed by atoms with Crippen molar-refractivity contribution in [3.8, 4) is 0 Å². The molecule has 1 aromatic heterocycles. The van der Waals surface area contributed by atoms with Gasteiger partial charge in [0.05, 0.1) is 5.56 Å². The van der Waals surface area contributed by atoms with Crippen molar-refractivity contribution in [2.24, 2.45) is 7.05 Å². The maximum Gasteiger partial charge on any atom is 0.269 e. The minimum Gasteiger partial charge on any atom is -0.351 e. The Labute approximate surface area is 134 Å². The van der Waals surface area contributed by atoms with Crippen LogP contribution in [0.2, 0.25) is 0 Å². The van der Waals surface area contributed by atoms with E-state index in [2.05, 4.69) is 0 Å². The molecule has 23 heavy (non-hydrogen) atoms. The number of carbonyl (C=O) groups is 2. The Balaban J connectivity index is 1.97. The molecule has 2 aromatic rings. The molecular formula is C16H16N2O4S. The number of nitrogens with zero attached hydrogens (tertiary/aromatic N) is 2. The van der Waals surface area contributed by atoms with E-state index < -0.39 is 28.3 Å². The van der Waals surface area contributed by atoms with Crippen molar-refractivity contribution in [3.63, 3.8) is 0 Å². The summed E-state index contributed by atoms with van der Waals surface area (Å²) in [5.74, 6) is -1.05. The van der Waals surface area contributed by atoms with Gasteiger partial charge >= 0.3 is 0 Å². The van der Waals surface area contributed by atoms with Crippen molar-refractivity contribution in [2.45, 2.75) is 18.7 Å². The third kappa shape index (κ3) is 2.19. The van der Waals surface area contributed by atoms with Crippen LogP contribution in [0.5, 0.6) is 0 Å². The fraction of sp³-hybridized carbons (Fsp3) is 0.250. The van der Waals surface area contributed by atoms with E-state index in [1.165, 1.54) is 12.1 Å². The molecule has 2 heterocycles. The second kappa shape index (κ2) is 5.06. The zero-order valence-electron chi connectivity index (χ0n) is 13.0. The number of fused-ring (bicyclic) bond motifs is 1. The highest BCUT2D eigenvalue weighted by molar-refractivity contribution is 7.90. The molecule has 0 N–H and O–H groups in total. The molecule has 1 aliphatic rings. The molecule has 3 rings (SSSR count). The SMILES string of the molecule is Cc1cc(C(=O)CN2C(=O)c3ccccc3S2(=O)=O)c(C)n1C. The standard InChI is InChI=1S/C16H16N2O4S/c1-10-8-13(11(2)17(10)3)14(19)9-18-16(20)12-6-4-5-7-15(12)23(18,21)22/h4-8H,9H2,1-3H3. The molecule has 120 valence electrons. The van der Waals surface area contributed by atoms with Gasteiger partial charge in [-0.25, -0.2) is 12.7 Å². The molecule has 1 aromatic carbocycles. The lowest BCUT2D eigenvalue weighted by Crippen LogP contribution is -2.35. The van der Waals surface area contributed by atoms with E-state index >= 15 is 0 Å². The number of sulfonamides is 1. The van der Waals surface area contributed by atoms with Crippen molar-refractivity contribution >= 4 is 21.7 Å². The highest BCUT2D eigenvalue weighted by atomic mass is 32.2. The van der Waals surface area contributed by atoms with Crippen LogP contribution in [0.4, 0.5) is 0 Å². The van der Waals surface area contributed by atoms with Crippen molar-refractivity contribution in [2.75, 3.05) is 6.54 Å². The lowest BCUT2D eigenvalue weighted by atomic mass is 10.1. The molecular weight excluding hydrogens is 316 g/mol. The quantitative estimate of drug-likeness (QED) is 0.801. The van der Waals surface area contributed by atoms with Gasteiger partial charge in [-0.2, -0.15) is 0 Å². The summed E-state index contributed by atoms with van der Waals surface area (Å²) in [6.45, 7) is 3.16. The fourth-order valence-corrected chi connectivity index (χ4v) is 4.27. The second-order valence-electron chi connectivity index (χ2n) is 5.58. The van der Waals surface area contributed by atoms with Gasteiger partial charge in [0, 0.05) is 24.0 Å². The number of ketones is 1. The highest BCUT2D eigenvalue weighted by Crippen LogP contribution is 2.30. The van der Waals surface area contributed by atoms with Gasteiger partial charge in [-0.15, -0.1) is 0 Å². The molecule has 7 heteroatoms. The first-order chi connectivity index (χ1) is 10.7. The lowest BCUT2D eigenvalue weighted by molar-refractivity contribution is 0.0820. The smallest absolute Gasteiger partial charge is 0.269 e. The van der Waals surface area contributed by atoms with Crippen molar-refractivity contribution in [1.29, 1.82) is 0 Å². The van der Waals surface area contributed by atoms with Crippen molar-refractivity contribution in [3.05, 3.63) is 52.8 Å². The molecule has 0 radical (unpaired) electrons. The van der Waals surface area contributed by atoms with E-state index in [0.29, 0.717) is 9.87 Å². The first-order valence-corrected chi connectivity index (χ1v) is 8.51. The van der Waals surface area contributed by atoms with Crippen LogP contribution < -0.4 is 0 Å². The summed E-state index contributed by atoms with van der Waals surface area (Å²) in [5, 5.41) is 0. The summed E-state index contributed by atoms with van der Waals surface area (Å²) in [4.78, 5) is 24.8. The zero-order chi connectivity index (χ0) is 16.9.